The molecule has 1 unspecified atom stereocenters. The van der Waals surface area contributed by atoms with Gasteiger partial charge in [-0.25, -0.2) is 4.98 Å². The number of rotatable bonds is 4. The molecule has 1 aromatic rings. The lowest BCUT2D eigenvalue weighted by Gasteiger charge is -2.29. The van der Waals surface area contributed by atoms with Crippen LogP contribution in [-0.2, 0) is 4.79 Å². The van der Waals surface area contributed by atoms with Crippen LogP contribution in [0.3, 0.4) is 0 Å². The molecule has 2 rings (SSSR count). The average molecular weight is 279 g/mol. The van der Waals surface area contributed by atoms with Crippen LogP contribution in [0.15, 0.2) is 6.07 Å². The number of aryl methyl sites for hydroxylation is 1. The summed E-state index contributed by atoms with van der Waals surface area (Å²) in [5.74, 6) is 1.21. The van der Waals surface area contributed by atoms with E-state index in [1.807, 2.05) is 18.7 Å². The van der Waals surface area contributed by atoms with E-state index < -0.39 is 11.4 Å². The molecule has 110 valence electrons. The monoisotopic (exact) mass is 279 g/mol. The second kappa shape index (κ2) is 5.26. The second-order valence-electron chi connectivity index (χ2n) is 5.60. The van der Waals surface area contributed by atoms with Crippen LogP contribution in [0.2, 0.25) is 0 Å². The van der Waals surface area contributed by atoms with Crippen LogP contribution in [0.25, 0.3) is 0 Å². The van der Waals surface area contributed by atoms with E-state index in [0.29, 0.717) is 31.2 Å². The minimum Gasteiger partial charge on any atom is -0.481 e. The van der Waals surface area contributed by atoms with Crippen molar-refractivity contribution in [3.8, 4) is 5.88 Å². The lowest BCUT2D eigenvalue weighted by atomic mass is 9.76. The standard InChI is InChI=1S/C14H21N3O3/c1-9(2)14(13(18)19)5-6-17(8-14)11-7-12(20-4)16-10(3)15-11/h7,9H,5-6,8H2,1-4H3,(H,18,19). The van der Waals surface area contributed by atoms with Gasteiger partial charge in [-0.15, -0.1) is 0 Å². The van der Waals surface area contributed by atoms with Crippen molar-refractivity contribution in [2.45, 2.75) is 27.2 Å². The van der Waals surface area contributed by atoms with Crippen molar-refractivity contribution in [3.63, 3.8) is 0 Å². The number of methoxy groups -OCH3 is 1. The van der Waals surface area contributed by atoms with Crippen molar-refractivity contribution in [2.75, 3.05) is 25.1 Å². The number of carbonyl (C=O) groups is 1. The van der Waals surface area contributed by atoms with Gasteiger partial charge in [-0.05, 0) is 19.3 Å². The average Bonchev–Trinajstić information content (AvgIpc) is 2.84. The third-order valence-corrected chi connectivity index (χ3v) is 4.17. The molecular weight excluding hydrogens is 258 g/mol. The molecule has 0 aromatic carbocycles. The summed E-state index contributed by atoms with van der Waals surface area (Å²) in [5, 5.41) is 9.57. The quantitative estimate of drug-likeness (QED) is 0.904. The first-order valence-corrected chi connectivity index (χ1v) is 6.77. The fourth-order valence-electron chi connectivity index (χ4n) is 2.71. The highest BCUT2D eigenvalue weighted by atomic mass is 16.5. The Balaban J connectivity index is 2.29. The molecule has 6 heteroatoms. The predicted octanol–water partition coefficient (Wildman–Crippen LogP) is 1.73. The maximum Gasteiger partial charge on any atom is 0.311 e. The number of nitrogens with zero attached hydrogens (tertiary/aromatic N) is 3. The topological polar surface area (TPSA) is 75.5 Å². The van der Waals surface area contributed by atoms with Gasteiger partial charge in [0.25, 0.3) is 0 Å². The van der Waals surface area contributed by atoms with E-state index in [1.54, 1.807) is 20.1 Å². The van der Waals surface area contributed by atoms with Crippen molar-refractivity contribution in [3.05, 3.63) is 11.9 Å². The van der Waals surface area contributed by atoms with Gasteiger partial charge >= 0.3 is 5.97 Å². The molecule has 6 nitrogen and oxygen atoms in total. The number of aromatic nitrogens is 2. The molecular formula is C14H21N3O3. The highest BCUT2D eigenvalue weighted by Gasteiger charge is 2.47. The molecule has 20 heavy (non-hydrogen) atoms. The van der Waals surface area contributed by atoms with E-state index in [9.17, 15) is 9.90 Å². The van der Waals surface area contributed by atoms with E-state index >= 15 is 0 Å². The Morgan fingerprint density at radius 1 is 1.50 bits per heavy atom. The number of carboxylic acids is 1. The van der Waals surface area contributed by atoms with Gasteiger partial charge in [-0.3, -0.25) is 4.79 Å². The molecule has 0 saturated carbocycles. The molecule has 0 spiro atoms. The van der Waals surface area contributed by atoms with E-state index in [2.05, 4.69) is 9.97 Å². The molecule has 1 fully saturated rings. The van der Waals surface area contributed by atoms with Crippen LogP contribution in [0.1, 0.15) is 26.1 Å². The summed E-state index contributed by atoms with van der Waals surface area (Å²) in [5.41, 5.74) is -0.702. The Kier molecular flexibility index (Phi) is 3.83. The molecule has 1 aromatic heterocycles. The van der Waals surface area contributed by atoms with Crippen LogP contribution in [0.4, 0.5) is 5.82 Å². The summed E-state index contributed by atoms with van der Waals surface area (Å²) >= 11 is 0. The fraction of sp³-hybridized carbons (Fsp3) is 0.643. The predicted molar refractivity (Wildman–Crippen MR) is 75.1 cm³/mol. The fourth-order valence-corrected chi connectivity index (χ4v) is 2.71. The summed E-state index contributed by atoms with van der Waals surface area (Å²) in [6, 6.07) is 1.76. The Bertz CT molecular complexity index is 518. The molecule has 2 heterocycles. The van der Waals surface area contributed by atoms with Gasteiger partial charge in [0.15, 0.2) is 0 Å². The summed E-state index contributed by atoms with van der Waals surface area (Å²) in [7, 11) is 1.56. The van der Waals surface area contributed by atoms with E-state index in [4.69, 9.17) is 4.74 Å². The summed E-state index contributed by atoms with van der Waals surface area (Å²) in [6.07, 6.45) is 0.630. The van der Waals surface area contributed by atoms with Crippen molar-refractivity contribution in [1.82, 2.24) is 9.97 Å². The summed E-state index contributed by atoms with van der Waals surface area (Å²) in [6.45, 7) is 6.88. The third-order valence-electron chi connectivity index (χ3n) is 4.17. The first-order valence-electron chi connectivity index (χ1n) is 6.77. The zero-order valence-electron chi connectivity index (χ0n) is 12.4. The molecule has 0 amide bonds. The van der Waals surface area contributed by atoms with Crippen LogP contribution in [0, 0.1) is 18.3 Å². The number of anilines is 1. The molecule has 1 aliphatic rings. The van der Waals surface area contributed by atoms with Gasteiger partial charge in [0.05, 0.1) is 12.5 Å². The number of ether oxygens (including phenoxy) is 1. The number of aliphatic carboxylic acids is 1. The second-order valence-corrected chi connectivity index (χ2v) is 5.60. The largest absolute Gasteiger partial charge is 0.481 e. The molecule has 0 radical (unpaired) electrons. The zero-order chi connectivity index (χ0) is 14.9. The molecule has 1 atom stereocenters. The van der Waals surface area contributed by atoms with Crippen LogP contribution < -0.4 is 9.64 Å². The Hall–Kier alpha value is -1.85. The first kappa shape index (κ1) is 14.6. The van der Waals surface area contributed by atoms with Crippen molar-refractivity contribution < 1.29 is 14.6 Å². The van der Waals surface area contributed by atoms with E-state index in [1.165, 1.54) is 0 Å². The van der Waals surface area contributed by atoms with Gasteiger partial charge in [0, 0.05) is 19.2 Å². The van der Waals surface area contributed by atoms with Crippen molar-refractivity contribution >= 4 is 11.8 Å². The van der Waals surface area contributed by atoms with Crippen molar-refractivity contribution in [1.29, 1.82) is 0 Å². The van der Waals surface area contributed by atoms with Gasteiger partial charge in [-0.2, -0.15) is 4.98 Å². The number of hydrogen-bond donors (Lipinski definition) is 1. The normalized spacial score (nSPS) is 22.4. The molecule has 1 saturated heterocycles. The molecule has 0 bridgehead atoms. The number of carboxylic acid groups (broad SMARTS) is 1. The third kappa shape index (κ3) is 2.42. The maximum absolute atomic E-state index is 11.6. The highest BCUT2D eigenvalue weighted by Crippen LogP contribution is 2.39. The SMILES string of the molecule is COc1cc(N2CCC(C(=O)O)(C(C)C)C2)nc(C)n1. The van der Waals surface area contributed by atoms with Gasteiger partial charge in [-0.1, -0.05) is 13.8 Å². The molecule has 1 N–H and O–H groups in total. The minimum atomic E-state index is -0.729. The summed E-state index contributed by atoms with van der Waals surface area (Å²) in [4.78, 5) is 22.2. The van der Waals surface area contributed by atoms with E-state index in [-0.39, 0.29) is 5.92 Å². The maximum atomic E-state index is 11.6. The zero-order valence-corrected chi connectivity index (χ0v) is 12.4. The lowest BCUT2D eigenvalue weighted by Crippen LogP contribution is -2.39. The molecule has 0 aliphatic carbocycles. The Morgan fingerprint density at radius 3 is 2.70 bits per heavy atom. The smallest absolute Gasteiger partial charge is 0.311 e. The molecule has 1 aliphatic heterocycles. The van der Waals surface area contributed by atoms with Gasteiger partial charge < -0.3 is 14.7 Å². The van der Waals surface area contributed by atoms with Crippen LogP contribution in [-0.4, -0.2) is 41.2 Å². The van der Waals surface area contributed by atoms with Crippen LogP contribution in [0.5, 0.6) is 5.88 Å². The van der Waals surface area contributed by atoms with Crippen LogP contribution >= 0.6 is 0 Å². The summed E-state index contributed by atoms with van der Waals surface area (Å²) < 4.78 is 5.15. The minimum absolute atomic E-state index is 0.0785. The van der Waals surface area contributed by atoms with Gasteiger partial charge in [0.1, 0.15) is 11.6 Å². The lowest BCUT2D eigenvalue weighted by molar-refractivity contribution is -0.150. The Labute approximate surface area is 118 Å². The highest BCUT2D eigenvalue weighted by molar-refractivity contribution is 5.77. The van der Waals surface area contributed by atoms with E-state index in [0.717, 1.165) is 5.82 Å². The van der Waals surface area contributed by atoms with Gasteiger partial charge in [0.2, 0.25) is 5.88 Å². The van der Waals surface area contributed by atoms with Crippen molar-refractivity contribution in [2.24, 2.45) is 11.3 Å². The number of hydrogen-bond acceptors (Lipinski definition) is 5. The Morgan fingerprint density at radius 2 is 2.20 bits per heavy atom. The first-order chi connectivity index (χ1) is 9.39.